The number of aromatic nitrogens is 3. The van der Waals surface area contributed by atoms with Gasteiger partial charge in [-0.15, -0.1) is 5.10 Å². The van der Waals surface area contributed by atoms with Crippen molar-refractivity contribution in [1.82, 2.24) is 19.9 Å². The number of rotatable bonds is 5. The van der Waals surface area contributed by atoms with Crippen LogP contribution in [0.25, 0.3) is 0 Å². The summed E-state index contributed by atoms with van der Waals surface area (Å²) in [5, 5.41) is 7.85. The summed E-state index contributed by atoms with van der Waals surface area (Å²) in [6.07, 6.45) is 7.89. The first kappa shape index (κ1) is 15.4. The van der Waals surface area contributed by atoms with Crippen LogP contribution in [-0.4, -0.2) is 50.9 Å². The van der Waals surface area contributed by atoms with E-state index in [2.05, 4.69) is 16.6 Å². The summed E-state index contributed by atoms with van der Waals surface area (Å²) in [5.74, 6) is 1.64. The van der Waals surface area contributed by atoms with Gasteiger partial charge in [-0.2, -0.15) is 11.8 Å². The van der Waals surface area contributed by atoms with Crippen LogP contribution in [-0.2, 0) is 11.3 Å². The Morgan fingerprint density at radius 1 is 1.50 bits per heavy atom. The van der Waals surface area contributed by atoms with Crippen LogP contribution in [0.3, 0.4) is 0 Å². The van der Waals surface area contributed by atoms with E-state index in [1.54, 1.807) is 18.0 Å². The van der Waals surface area contributed by atoms with E-state index in [4.69, 9.17) is 0 Å². The standard InChI is InChI=1S/C14H24N4OS/c1-14(2,11-20-3)13(19)17-7-4-5-12(9-17)10-18-8-6-15-16-18/h6,8,12H,4-5,7,9-11H2,1-3H3/t12-/m1/s1. The van der Waals surface area contributed by atoms with Crippen molar-refractivity contribution in [2.45, 2.75) is 33.2 Å². The highest BCUT2D eigenvalue weighted by Gasteiger charge is 2.34. The smallest absolute Gasteiger partial charge is 0.229 e. The molecular weight excluding hydrogens is 272 g/mol. The second kappa shape index (κ2) is 6.61. The molecule has 0 saturated carbocycles. The molecule has 1 aliphatic rings. The fourth-order valence-electron chi connectivity index (χ4n) is 2.84. The van der Waals surface area contributed by atoms with Gasteiger partial charge in [0.25, 0.3) is 0 Å². The molecule has 0 unspecified atom stereocenters. The molecule has 1 amide bonds. The Morgan fingerprint density at radius 3 is 2.95 bits per heavy atom. The molecule has 112 valence electrons. The molecule has 0 spiro atoms. The number of nitrogens with zero attached hydrogens (tertiary/aromatic N) is 4. The Bertz CT molecular complexity index is 432. The third-order valence-corrected chi connectivity index (χ3v) is 4.82. The first-order chi connectivity index (χ1) is 9.53. The number of thioether (sulfide) groups is 1. The molecule has 1 fully saturated rings. The fourth-order valence-corrected chi connectivity index (χ4v) is 3.69. The van der Waals surface area contributed by atoms with Crippen LogP contribution in [0.15, 0.2) is 12.4 Å². The minimum absolute atomic E-state index is 0.269. The molecule has 0 aliphatic carbocycles. The van der Waals surface area contributed by atoms with E-state index in [1.807, 2.05) is 29.6 Å². The molecule has 1 aromatic rings. The molecule has 0 N–H and O–H groups in total. The second-order valence-corrected chi connectivity index (χ2v) is 7.07. The molecule has 0 aromatic carbocycles. The maximum atomic E-state index is 12.6. The van der Waals surface area contributed by atoms with Gasteiger partial charge < -0.3 is 4.90 Å². The van der Waals surface area contributed by atoms with Gasteiger partial charge in [-0.05, 0) is 25.0 Å². The van der Waals surface area contributed by atoms with E-state index in [0.29, 0.717) is 5.92 Å². The van der Waals surface area contributed by atoms with Gasteiger partial charge in [0, 0.05) is 31.6 Å². The van der Waals surface area contributed by atoms with Gasteiger partial charge in [0.05, 0.1) is 11.6 Å². The number of carbonyl (C=O) groups is 1. The third kappa shape index (κ3) is 3.75. The van der Waals surface area contributed by atoms with Gasteiger partial charge >= 0.3 is 0 Å². The lowest BCUT2D eigenvalue weighted by Gasteiger charge is -2.37. The molecule has 6 heteroatoms. The average Bonchev–Trinajstić information content (AvgIpc) is 2.91. The van der Waals surface area contributed by atoms with Crippen molar-refractivity contribution < 1.29 is 4.79 Å². The molecule has 0 bridgehead atoms. The van der Waals surface area contributed by atoms with E-state index in [-0.39, 0.29) is 11.3 Å². The normalized spacial score (nSPS) is 20.1. The van der Waals surface area contributed by atoms with Crippen LogP contribution in [0.1, 0.15) is 26.7 Å². The fraction of sp³-hybridized carbons (Fsp3) is 0.786. The highest BCUT2D eigenvalue weighted by atomic mass is 32.2. The lowest BCUT2D eigenvalue weighted by molar-refractivity contribution is -0.141. The van der Waals surface area contributed by atoms with Gasteiger partial charge in [0.1, 0.15) is 0 Å². The average molecular weight is 296 g/mol. The van der Waals surface area contributed by atoms with Gasteiger partial charge in [0.2, 0.25) is 5.91 Å². The molecule has 1 aromatic heterocycles. The molecule has 20 heavy (non-hydrogen) atoms. The molecule has 2 heterocycles. The first-order valence-corrected chi connectivity index (χ1v) is 8.55. The zero-order valence-electron chi connectivity index (χ0n) is 12.6. The van der Waals surface area contributed by atoms with Crippen molar-refractivity contribution in [2.75, 3.05) is 25.1 Å². The largest absolute Gasteiger partial charge is 0.342 e. The molecule has 0 radical (unpaired) electrons. The van der Waals surface area contributed by atoms with Crippen molar-refractivity contribution in [3.63, 3.8) is 0 Å². The number of hydrogen-bond acceptors (Lipinski definition) is 4. The first-order valence-electron chi connectivity index (χ1n) is 7.15. The molecule has 5 nitrogen and oxygen atoms in total. The maximum Gasteiger partial charge on any atom is 0.229 e. The van der Waals surface area contributed by atoms with Gasteiger partial charge in [-0.3, -0.25) is 9.48 Å². The maximum absolute atomic E-state index is 12.6. The monoisotopic (exact) mass is 296 g/mol. The van der Waals surface area contributed by atoms with Crippen LogP contribution in [0.5, 0.6) is 0 Å². The number of piperidine rings is 1. The molecule has 1 aliphatic heterocycles. The van der Waals surface area contributed by atoms with Crippen LogP contribution in [0.4, 0.5) is 0 Å². The number of carbonyl (C=O) groups excluding carboxylic acids is 1. The Balaban J connectivity index is 1.94. The van der Waals surface area contributed by atoms with Gasteiger partial charge in [-0.1, -0.05) is 19.1 Å². The Morgan fingerprint density at radius 2 is 2.30 bits per heavy atom. The number of amides is 1. The van der Waals surface area contributed by atoms with Crippen molar-refractivity contribution >= 4 is 17.7 Å². The van der Waals surface area contributed by atoms with Crippen molar-refractivity contribution in [2.24, 2.45) is 11.3 Å². The predicted octanol–water partition coefficient (Wildman–Crippen LogP) is 1.91. The number of hydrogen-bond donors (Lipinski definition) is 0. The summed E-state index contributed by atoms with van der Waals surface area (Å²) in [7, 11) is 0. The summed E-state index contributed by atoms with van der Waals surface area (Å²) in [6.45, 7) is 6.69. The molecule has 2 rings (SSSR count). The topological polar surface area (TPSA) is 51.0 Å². The third-order valence-electron chi connectivity index (χ3n) is 3.81. The van der Waals surface area contributed by atoms with Gasteiger partial charge in [0.15, 0.2) is 0 Å². The predicted molar refractivity (Wildman–Crippen MR) is 81.5 cm³/mol. The zero-order chi connectivity index (χ0) is 14.6. The summed E-state index contributed by atoms with van der Waals surface area (Å²) in [6, 6.07) is 0. The SMILES string of the molecule is CSCC(C)(C)C(=O)N1CCC[C@@H](Cn2ccnn2)C1. The van der Waals surface area contributed by atoms with Crippen molar-refractivity contribution in [1.29, 1.82) is 0 Å². The van der Waals surface area contributed by atoms with E-state index >= 15 is 0 Å². The second-order valence-electron chi connectivity index (χ2n) is 6.20. The highest BCUT2D eigenvalue weighted by Crippen LogP contribution is 2.27. The quantitative estimate of drug-likeness (QED) is 0.833. The van der Waals surface area contributed by atoms with Crippen LogP contribution in [0.2, 0.25) is 0 Å². The summed E-state index contributed by atoms with van der Waals surface area (Å²) < 4.78 is 1.87. The summed E-state index contributed by atoms with van der Waals surface area (Å²) in [5.41, 5.74) is -0.269. The minimum Gasteiger partial charge on any atom is -0.342 e. The van der Waals surface area contributed by atoms with E-state index in [9.17, 15) is 4.79 Å². The zero-order valence-corrected chi connectivity index (χ0v) is 13.4. The Kier molecular flexibility index (Phi) is 5.07. The summed E-state index contributed by atoms with van der Waals surface area (Å²) >= 11 is 1.74. The lowest BCUT2D eigenvalue weighted by Crippen LogP contribution is -2.47. The molecule has 1 saturated heterocycles. The van der Waals surface area contributed by atoms with E-state index < -0.39 is 0 Å². The van der Waals surface area contributed by atoms with Crippen LogP contribution in [0, 0.1) is 11.3 Å². The molecule has 1 atom stereocenters. The Hall–Kier alpha value is -1.04. The lowest BCUT2D eigenvalue weighted by atomic mass is 9.91. The summed E-state index contributed by atoms with van der Waals surface area (Å²) in [4.78, 5) is 14.7. The highest BCUT2D eigenvalue weighted by molar-refractivity contribution is 7.98. The molecular formula is C14H24N4OS. The number of likely N-dealkylation sites (tertiary alicyclic amines) is 1. The van der Waals surface area contributed by atoms with Crippen LogP contribution >= 0.6 is 11.8 Å². The minimum atomic E-state index is -0.269. The van der Waals surface area contributed by atoms with Crippen molar-refractivity contribution in [3.8, 4) is 0 Å². The van der Waals surface area contributed by atoms with Crippen LogP contribution < -0.4 is 0 Å². The van der Waals surface area contributed by atoms with E-state index in [1.165, 1.54) is 0 Å². The van der Waals surface area contributed by atoms with E-state index in [0.717, 1.165) is 38.2 Å². The van der Waals surface area contributed by atoms with Gasteiger partial charge in [-0.25, -0.2) is 0 Å². The Labute approximate surface area is 125 Å². The van der Waals surface area contributed by atoms with Crippen molar-refractivity contribution in [3.05, 3.63) is 12.4 Å².